The molecule has 2 rings (SSSR count). The maximum Gasteiger partial charge on any atom is 0.255 e. The van der Waals surface area contributed by atoms with Crippen molar-refractivity contribution in [3.05, 3.63) is 34.6 Å². The Kier molecular flexibility index (Phi) is 4.05. The SMILES string of the molecule is O=C(c1cccc(F)c1Cl)N1CCC(Br)CC1. The minimum Gasteiger partial charge on any atom is -0.339 e. The van der Waals surface area contributed by atoms with Crippen molar-refractivity contribution in [2.24, 2.45) is 0 Å². The van der Waals surface area contributed by atoms with E-state index in [1.54, 1.807) is 11.0 Å². The van der Waals surface area contributed by atoms with Gasteiger partial charge in [-0.25, -0.2) is 4.39 Å². The quantitative estimate of drug-likeness (QED) is 0.726. The molecular weight excluding hydrogens is 308 g/mol. The fraction of sp³-hybridized carbons (Fsp3) is 0.417. The number of alkyl halides is 1. The van der Waals surface area contributed by atoms with Crippen LogP contribution in [0.15, 0.2) is 18.2 Å². The third-order valence-corrected chi connectivity index (χ3v) is 4.19. The number of benzene rings is 1. The van der Waals surface area contributed by atoms with Crippen molar-refractivity contribution in [3.8, 4) is 0 Å². The number of rotatable bonds is 1. The molecular formula is C12H12BrClFNO. The highest BCUT2D eigenvalue weighted by Gasteiger charge is 2.24. The molecule has 2 nitrogen and oxygen atoms in total. The Balaban J connectivity index is 2.17. The van der Waals surface area contributed by atoms with Crippen molar-refractivity contribution in [1.29, 1.82) is 0 Å². The Hall–Kier alpha value is -0.610. The van der Waals surface area contributed by atoms with Crippen molar-refractivity contribution < 1.29 is 9.18 Å². The largest absolute Gasteiger partial charge is 0.339 e. The van der Waals surface area contributed by atoms with Crippen LogP contribution in [-0.4, -0.2) is 28.7 Å². The molecule has 0 atom stereocenters. The average molecular weight is 321 g/mol. The van der Waals surface area contributed by atoms with Gasteiger partial charge in [-0.05, 0) is 25.0 Å². The summed E-state index contributed by atoms with van der Waals surface area (Å²) >= 11 is 9.33. The van der Waals surface area contributed by atoms with Gasteiger partial charge in [0.2, 0.25) is 0 Å². The topological polar surface area (TPSA) is 20.3 Å². The van der Waals surface area contributed by atoms with Gasteiger partial charge in [0, 0.05) is 17.9 Å². The lowest BCUT2D eigenvalue weighted by Gasteiger charge is -2.29. The Morgan fingerprint density at radius 3 is 2.71 bits per heavy atom. The first-order valence-corrected chi connectivity index (χ1v) is 6.76. The zero-order valence-corrected chi connectivity index (χ0v) is 11.5. The summed E-state index contributed by atoms with van der Waals surface area (Å²) in [6.45, 7) is 1.36. The lowest BCUT2D eigenvalue weighted by atomic mass is 10.1. The van der Waals surface area contributed by atoms with Gasteiger partial charge in [0.05, 0.1) is 10.6 Å². The van der Waals surface area contributed by atoms with Crippen LogP contribution in [-0.2, 0) is 0 Å². The van der Waals surface area contributed by atoms with E-state index in [1.165, 1.54) is 12.1 Å². The standard InChI is InChI=1S/C12H12BrClFNO/c13-8-4-6-16(7-5-8)12(17)9-2-1-3-10(15)11(9)14/h1-3,8H,4-7H2. The van der Waals surface area contributed by atoms with Gasteiger partial charge >= 0.3 is 0 Å². The second-order valence-corrected chi connectivity index (χ2v) is 5.74. The molecule has 0 unspecified atom stereocenters. The summed E-state index contributed by atoms with van der Waals surface area (Å²) in [4.78, 5) is 14.3. The zero-order valence-electron chi connectivity index (χ0n) is 9.13. The van der Waals surface area contributed by atoms with Crippen molar-refractivity contribution in [1.82, 2.24) is 4.90 Å². The highest BCUT2D eigenvalue weighted by atomic mass is 79.9. The molecule has 5 heteroatoms. The Labute approximate surface area is 113 Å². The highest BCUT2D eigenvalue weighted by molar-refractivity contribution is 9.09. The van der Waals surface area contributed by atoms with E-state index in [0.717, 1.165) is 12.8 Å². The predicted octanol–water partition coefficient (Wildman–Crippen LogP) is 3.48. The number of carbonyl (C=O) groups is 1. The van der Waals surface area contributed by atoms with E-state index >= 15 is 0 Å². The van der Waals surface area contributed by atoms with Crippen LogP contribution in [0.2, 0.25) is 5.02 Å². The van der Waals surface area contributed by atoms with Crippen LogP contribution < -0.4 is 0 Å². The average Bonchev–Trinajstić information content (AvgIpc) is 2.33. The van der Waals surface area contributed by atoms with E-state index in [-0.39, 0.29) is 16.5 Å². The smallest absolute Gasteiger partial charge is 0.255 e. The molecule has 1 aromatic rings. The lowest BCUT2D eigenvalue weighted by molar-refractivity contribution is 0.0728. The maximum absolute atomic E-state index is 13.3. The maximum atomic E-state index is 13.3. The van der Waals surface area contributed by atoms with Crippen molar-refractivity contribution in [2.45, 2.75) is 17.7 Å². The highest BCUT2D eigenvalue weighted by Crippen LogP contribution is 2.24. The molecule has 0 N–H and O–H groups in total. The van der Waals surface area contributed by atoms with Crippen LogP contribution in [0.25, 0.3) is 0 Å². The van der Waals surface area contributed by atoms with E-state index in [0.29, 0.717) is 17.9 Å². The van der Waals surface area contributed by atoms with Crippen LogP contribution >= 0.6 is 27.5 Å². The summed E-state index contributed by atoms with van der Waals surface area (Å²) in [6, 6.07) is 4.32. The molecule has 1 fully saturated rings. The summed E-state index contributed by atoms with van der Waals surface area (Å²) in [5.41, 5.74) is 0.250. The number of piperidine rings is 1. The Bertz CT molecular complexity index is 433. The Morgan fingerprint density at radius 1 is 1.41 bits per heavy atom. The van der Waals surface area contributed by atoms with Crippen molar-refractivity contribution in [3.63, 3.8) is 0 Å². The number of hydrogen-bond donors (Lipinski definition) is 0. The van der Waals surface area contributed by atoms with Crippen LogP contribution in [0.3, 0.4) is 0 Å². The summed E-state index contributed by atoms with van der Waals surface area (Å²) in [5.74, 6) is -0.734. The molecule has 92 valence electrons. The van der Waals surface area contributed by atoms with E-state index in [9.17, 15) is 9.18 Å². The minimum atomic E-state index is -0.548. The molecule has 17 heavy (non-hydrogen) atoms. The summed E-state index contributed by atoms with van der Waals surface area (Å²) in [5, 5.41) is -0.0848. The molecule has 0 saturated carbocycles. The van der Waals surface area contributed by atoms with Crippen molar-refractivity contribution >= 4 is 33.4 Å². The van der Waals surface area contributed by atoms with Gasteiger partial charge in [-0.2, -0.15) is 0 Å². The van der Waals surface area contributed by atoms with Crippen LogP contribution in [0.4, 0.5) is 4.39 Å². The van der Waals surface area contributed by atoms with Gasteiger partial charge in [0.1, 0.15) is 5.82 Å². The Morgan fingerprint density at radius 2 is 2.06 bits per heavy atom. The van der Waals surface area contributed by atoms with E-state index in [2.05, 4.69) is 15.9 Å². The van der Waals surface area contributed by atoms with E-state index < -0.39 is 5.82 Å². The van der Waals surface area contributed by atoms with Crippen LogP contribution in [0, 0.1) is 5.82 Å². The molecule has 0 spiro atoms. The number of hydrogen-bond acceptors (Lipinski definition) is 1. The van der Waals surface area contributed by atoms with Gasteiger partial charge in [-0.3, -0.25) is 4.79 Å². The molecule has 0 radical (unpaired) electrons. The first-order chi connectivity index (χ1) is 8.09. The molecule has 1 heterocycles. The molecule has 0 bridgehead atoms. The molecule has 1 amide bonds. The fourth-order valence-electron chi connectivity index (χ4n) is 1.89. The summed E-state index contributed by atoms with van der Waals surface area (Å²) in [6.07, 6.45) is 1.83. The predicted molar refractivity (Wildman–Crippen MR) is 69.3 cm³/mol. The molecule has 1 aliphatic rings. The zero-order chi connectivity index (χ0) is 12.4. The molecule has 0 aliphatic carbocycles. The van der Waals surface area contributed by atoms with Crippen LogP contribution in [0.1, 0.15) is 23.2 Å². The summed E-state index contributed by atoms with van der Waals surface area (Å²) in [7, 11) is 0. The second-order valence-electron chi connectivity index (χ2n) is 4.07. The monoisotopic (exact) mass is 319 g/mol. The number of nitrogens with zero attached hydrogens (tertiary/aromatic N) is 1. The lowest BCUT2D eigenvalue weighted by Crippen LogP contribution is -2.38. The molecule has 1 aromatic carbocycles. The van der Waals surface area contributed by atoms with Crippen molar-refractivity contribution in [2.75, 3.05) is 13.1 Å². The van der Waals surface area contributed by atoms with Gasteiger partial charge < -0.3 is 4.90 Å². The number of amides is 1. The third kappa shape index (κ3) is 2.80. The first-order valence-electron chi connectivity index (χ1n) is 5.47. The van der Waals surface area contributed by atoms with Gasteiger partial charge in [-0.1, -0.05) is 33.6 Å². The van der Waals surface area contributed by atoms with Gasteiger partial charge in [-0.15, -0.1) is 0 Å². The van der Waals surface area contributed by atoms with E-state index in [4.69, 9.17) is 11.6 Å². The van der Waals surface area contributed by atoms with Crippen LogP contribution in [0.5, 0.6) is 0 Å². The van der Waals surface area contributed by atoms with E-state index in [1.807, 2.05) is 0 Å². The van der Waals surface area contributed by atoms with Gasteiger partial charge in [0.15, 0.2) is 0 Å². The number of halogens is 3. The summed E-state index contributed by atoms with van der Waals surface area (Å²) < 4.78 is 13.3. The minimum absolute atomic E-state index is 0.0848. The van der Waals surface area contributed by atoms with Gasteiger partial charge in [0.25, 0.3) is 5.91 Å². The molecule has 0 aromatic heterocycles. The normalized spacial score (nSPS) is 17.2. The number of likely N-dealkylation sites (tertiary alicyclic amines) is 1. The fourth-order valence-corrected chi connectivity index (χ4v) is 2.51. The third-order valence-electron chi connectivity index (χ3n) is 2.89. The molecule has 1 saturated heterocycles. The number of carbonyl (C=O) groups excluding carboxylic acids is 1. The first kappa shape index (κ1) is 12.8. The molecule has 1 aliphatic heterocycles. The second kappa shape index (κ2) is 5.36.